The van der Waals surface area contributed by atoms with Gasteiger partial charge in [0.2, 0.25) is 0 Å². The third-order valence-electron chi connectivity index (χ3n) is 3.40. The Bertz CT molecular complexity index is 293. The first-order valence-electron chi connectivity index (χ1n) is 6.41. The van der Waals surface area contributed by atoms with Crippen LogP contribution in [0.25, 0.3) is 0 Å². The van der Waals surface area contributed by atoms with E-state index in [4.69, 9.17) is 11.1 Å². The molecular weight excluding hydrogens is 244 g/mol. The minimum absolute atomic E-state index is 0.429. The number of allylic oxidation sites excluding steroid dienone is 8. The summed E-state index contributed by atoms with van der Waals surface area (Å²) in [6.45, 7) is 0. The topological polar surface area (TPSA) is 0 Å². The van der Waals surface area contributed by atoms with Gasteiger partial charge >= 0.3 is 0 Å². The molecule has 0 fully saturated rings. The Morgan fingerprint density at radius 1 is 0.882 bits per heavy atom. The van der Waals surface area contributed by atoms with Crippen molar-refractivity contribution in [2.24, 2.45) is 11.8 Å². The van der Waals surface area contributed by atoms with Gasteiger partial charge in [-0.3, -0.25) is 0 Å². The van der Waals surface area contributed by atoms with Crippen molar-refractivity contribution in [2.75, 3.05) is 0 Å². The molecule has 0 bridgehead atoms. The van der Waals surface area contributed by atoms with Gasteiger partial charge in [0.25, 0.3) is 0 Å². The van der Waals surface area contributed by atoms with Gasteiger partial charge in [-0.05, 0) is 37.5 Å². The maximum absolute atomic E-state index is 6.03. The predicted octanol–water partition coefficient (Wildman–Crippen LogP) is 4.68. The van der Waals surface area contributed by atoms with Crippen LogP contribution in [0.2, 0.25) is 5.54 Å². The van der Waals surface area contributed by atoms with Gasteiger partial charge in [-0.25, -0.2) is 0 Å². The molecule has 0 saturated heterocycles. The second kappa shape index (κ2) is 7.02. The van der Waals surface area contributed by atoms with E-state index in [1.54, 1.807) is 0 Å². The van der Waals surface area contributed by atoms with Crippen molar-refractivity contribution in [3.05, 3.63) is 48.6 Å². The van der Waals surface area contributed by atoms with Crippen LogP contribution in [0.3, 0.4) is 0 Å². The highest BCUT2D eigenvalue weighted by atomic mass is 35.6. The number of hydrogen-bond donors (Lipinski definition) is 0. The van der Waals surface area contributed by atoms with Crippen LogP contribution >= 0.6 is 11.1 Å². The predicted molar refractivity (Wildman–Crippen MR) is 77.4 cm³/mol. The minimum Gasteiger partial charge on any atom is -0.170 e. The summed E-state index contributed by atoms with van der Waals surface area (Å²) in [5, 5.41) is 0. The van der Waals surface area contributed by atoms with Crippen molar-refractivity contribution in [1.29, 1.82) is 0 Å². The minimum atomic E-state index is 0.429. The Morgan fingerprint density at radius 3 is 1.65 bits per heavy atom. The van der Waals surface area contributed by atoms with E-state index in [2.05, 4.69) is 48.6 Å². The van der Waals surface area contributed by atoms with E-state index >= 15 is 0 Å². The summed E-state index contributed by atoms with van der Waals surface area (Å²) >= 11 is 6.03. The third-order valence-corrected chi connectivity index (χ3v) is 4.79. The van der Waals surface area contributed by atoms with Crippen LogP contribution < -0.4 is 0 Å². The molecule has 2 aliphatic rings. The molecule has 2 rings (SSSR count). The Hall–Kier alpha value is -0.533. The molecule has 0 aromatic carbocycles. The van der Waals surface area contributed by atoms with Crippen molar-refractivity contribution in [2.45, 2.75) is 31.2 Å². The largest absolute Gasteiger partial charge is 0.183 e. The van der Waals surface area contributed by atoms with Crippen molar-refractivity contribution in [3.63, 3.8) is 0 Å². The van der Waals surface area contributed by atoms with Crippen LogP contribution in [-0.4, -0.2) is 8.83 Å². The highest BCUT2D eigenvalue weighted by Crippen LogP contribution is 2.23. The number of halogens is 1. The molecule has 2 aliphatic carbocycles. The summed E-state index contributed by atoms with van der Waals surface area (Å²) in [4.78, 5) is 0. The zero-order valence-corrected chi connectivity index (χ0v) is 11.8. The van der Waals surface area contributed by atoms with E-state index < -0.39 is 0 Å². The van der Waals surface area contributed by atoms with E-state index in [1.165, 1.54) is 25.7 Å². The molecule has 2 heteroatoms. The monoisotopic (exact) mass is 262 g/mol. The molecule has 0 unspecified atom stereocenters. The molecule has 90 valence electrons. The van der Waals surface area contributed by atoms with Gasteiger partial charge < -0.3 is 0 Å². The van der Waals surface area contributed by atoms with Gasteiger partial charge in [0.1, 0.15) is 0 Å². The van der Waals surface area contributed by atoms with E-state index in [1.807, 2.05) is 0 Å². The molecule has 0 amide bonds. The average Bonchev–Trinajstić information content (AvgIpc) is 3.02. The van der Waals surface area contributed by atoms with Crippen molar-refractivity contribution in [3.8, 4) is 0 Å². The summed E-state index contributed by atoms with van der Waals surface area (Å²) in [5.41, 5.74) is 0.429. The highest BCUT2D eigenvalue weighted by Gasteiger charge is 2.09. The Labute approximate surface area is 112 Å². The van der Waals surface area contributed by atoms with Gasteiger partial charge in [0, 0.05) is 5.54 Å². The summed E-state index contributed by atoms with van der Waals surface area (Å²) < 4.78 is 0. The lowest BCUT2D eigenvalue weighted by atomic mass is 10.0. The fourth-order valence-corrected chi connectivity index (χ4v) is 3.09. The fourth-order valence-electron chi connectivity index (χ4n) is 2.28. The van der Waals surface area contributed by atoms with Crippen molar-refractivity contribution in [1.82, 2.24) is 0 Å². The maximum Gasteiger partial charge on any atom is 0.183 e. The van der Waals surface area contributed by atoms with Gasteiger partial charge in [0.05, 0.1) is 0 Å². The van der Waals surface area contributed by atoms with E-state index in [9.17, 15) is 0 Å². The summed E-state index contributed by atoms with van der Waals surface area (Å²) in [7, 11) is 0.452. The molecular formula is C15H19ClSi. The molecule has 0 heterocycles. The van der Waals surface area contributed by atoms with Crippen LogP contribution in [0.5, 0.6) is 0 Å². The SMILES string of the molecule is Cl[Si]C(C=CC1CC=CC1)C=CC1CC=CC1. The molecule has 0 aromatic heterocycles. The summed E-state index contributed by atoms with van der Waals surface area (Å²) in [6, 6.07) is 0. The van der Waals surface area contributed by atoms with Gasteiger partial charge in [-0.15, -0.1) is 0 Å². The van der Waals surface area contributed by atoms with Gasteiger partial charge in [-0.2, -0.15) is 11.1 Å². The quantitative estimate of drug-likeness (QED) is 0.383. The first-order chi connectivity index (χ1) is 8.38. The Kier molecular flexibility index (Phi) is 5.34. The third kappa shape index (κ3) is 4.32. The highest BCUT2D eigenvalue weighted by molar-refractivity contribution is 6.95. The van der Waals surface area contributed by atoms with E-state index in [0.717, 1.165) is 0 Å². The van der Waals surface area contributed by atoms with Crippen molar-refractivity contribution < 1.29 is 0 Å². The molecule has 2 radical (unpaired) electrons. The standard InChI is InChI=1S/C15H19ClSi/c16-17-15(11-9-13-5-1-2-6-13)12-10-14-7-3-4-8-14/h1-4,9-15H,5-8H2. The molecule has 0 N–H and O–H groups in total. The van der Waals surface area contributed by atoms with Crippen LogP contribution in [0.1, 0.15) is 25.7 Å². The molecule has 0 aromatic rings. The number of rotatable bonds is 5. The lowest BCUT2D eigenvalue weighted by Crippen LogP contribution is -1.95. The van der Waals surface area contributed by atoms with Crippen LogP contribution in [0, 0.1) is 11.8 Å². The Morgan fingerprint density at radius 2 is 1.29 bits per heavy atom. The fraction of sp³-hybridized carbons (Fsp3) is 0.467. The number of hydrogen-bond acceptors (Lipinski definition) is 0. The molecule has 0 saturated carbocycles. The van der Waals surface area contributed by atoms with Gasteiger partial charge in [-0.1, -0.05) is 48.6 Å². The smallest absolute Gasteiger partial charge is 0.170 e. The van der Waals surface area contributed by atoms with E-state index in [0.29, 0.717) is 26.2 Å². The van der Waals surface area contributed by atoms with Crippen LogP contribution in [-0.2, 0) is 0 Å². The van der Waals surface area contributed by atoms with Crippen molar-refractivity contribution >= 4 is 19.9 Å². The lowest BCUT2D eigenvalue weighted by molar-refractivity contribution is 0.710. The van der Waals surface area contributed by atoms with Crippen LogP contribution in [0.15, 0.2) is 48.6 Å². The summed E-state index contributed by atoms with van der Waals surface area (Å²) in [6.07, 6.45) is 23.2. The zero-order chi connectivity index (χ0) is 11.9. The lowest BCUT2D eigenvalue weighted by Gasteiger charge is -2.06. The maximum atomic E-state index is 6.03. The molecule has 0 aliphatic heterocycles. The molecule has 17 heavy (non-hydrogen) atoms. The second-order valence-corrected chi connectivity index (χ2v) is 6.35. The first kappa shape index (κ1) is 12.9. The molecule has 0 spiro atoms. The average molecular weight is 263 g/mol. The van der Waals surface area contributed by atoms with E-state index in [-0.39, 0.29) is 0 Å². The zero-order valence-electron chi connectivity index (χ0n) is 10.1. The molecule has 0 nitrogen and oxygen atoms in total. The molecule has 0 atom stereocenters. The van der Waals surface area contributed by atoms with Gasteiger partial charge in [0.15, 0.2) is 8.83 Å². The second-order valence-electron chi connectivity index (χ2n) is 4.81. The Balaban J connectivity index is 1.79. The summed E-state index contributed by atoms with van der Waals surface area (Å²) in [5.74, 6) is 1.43. The normalized spacial score (nSPS) is 23.6. The first-order valence-corrected chi connectivity index (χ1v) is 8.50. The van der Waals surface area contributed by atoms with Crippen LogP contribution in [0.4, 0.5) is 0 Å².